The first-order chi connectivity index (χ1) is 15.5. The zero-order valence-corrected chi connectivity index (χ0v) is 21.1. The summed E-state index contributed by atoms with van der Waals surface area (Å²) in [5.74, 6) is -0.653. The van der Waals surface area contributed by atoms with Crippen LogP contribution >= 0.6 is 0 Å². The van der Waals surface area contributed by atoms with Gasteiger partial charge in [-0.3, -0.25) is 13.9 Å². The molecule has 180 valence electrons. The highest BCUT2D eigenvalue weighted by Gasteiger charge is 2.32. The van der Waals surface area contributed by atoms with Crippen LogP contribution in [0.1, 0.15) is 49.8 Å². The lowest BCUT2D eigenvalue weighted by atomic mass is 10.0. The van der Waals surface area contributed by atoms with E-state index < -0.39 is 22.0 Å². The number of hydrogen-bond donors (Lipinski definition) is 1. The molecule has 33 heavy (non-hydrogen) atoms. The molecule has 2 amide bonds. The predicted molar refractivity (Wildman–Crippen MR) is 133 cm³/mol. The molecule has 0 spiro atoms. The molecule has 0 unspecified atom stereocenters. The van der Waals surface area contributed by atoms with E-state index in [1.165, 1.54) is 11.9 Å². The van der Waals surface area contributed by atoms with Crippen LogP contribution in [-0.2, 0) is 26.2 Å². The van der Waals surface area contributed by atoms with Gasteiger partial charge in [-0.2, -0.15) is 0 Å². The van der Waals surface area contributed by atoms with Crippen molar-refractivity contribution in [2.75, 3.05) is 24.2 Å². The van der Waals surface area contributed by atoms with Crippen LogP contribution in [0.3, 0.4) is 0 Å². The number of benzene rings is 2. The van der Waals surface area contributed by atoms with E-state index in [1.54, 1.807) is 12.1 Å². The quantitative estimate of drug-likeness (QED) is 0.573. The van der Waals surface area contributed by atoms with Crippen LogP contribution in [0, 0.1) is 6.92 Å². The van der Waals surface area contributed by atoms with E-state index in [9.17, 15) is 18.0 Å². The van der Waals surface area contributed by atoms with Crippen LogP contribution in [0.5, 0.6) is 0 Å². The Morgan fingerprint density at radius 2 is 1.64 bits per heavy atom. The van der Waals surface area contributed by atoms with Gasteiger partial charge in [0, 0.05) is 13.6 Å². The summed E-state index contributed by atoms with van der Waals surface area (Å²) >= 11 is 0. The Kier molecular flexibility index (Phi) is 9.05. The topological polar surface area (TPSA) is 86.8 Å². The minimum atomic E-state index is -3.75. The molecule has 8 heteroatoms. The summed E-state index contributed by atoms with van der Waals surface area (Å²) in [5, 5.41) is 2.62. The lowest BCUT2D eigenvalue weighted by Crippen LogP contribution is -2.51. The van der Waals surface area contributed by atoms with Gasteiger partial charge >= 0.3 is 0 Å². The number of carbonyl (C=O) groups excluding carboxylic acids is 2. The minimum absolute atomic E-state index is 0.0680. The second kappa shape index (κ2) is 11.3. The number of nitrogens with zero attached hydrogens (tertiary/aromatic N) is 2. The number of aryl methyl sites for hydroxylation is 1. The first-order valence-corrected chi connectivity index (χ1v) is 13.0. The van der Waals surface area contributed by atoms with Gasteiger partial charge in [0.1, 0.15) is 12.6 Å². The summed E-state index contributed by atoms with van der Waals surface area (Å²) in [4.78, 5) is 27.7. The number of rotatable bonds is 10. The standard InChI is InChI=1S/C25H35N3O4S/c1-7-22(25(30)26-5)27(16-20-14-12-19(4)13-15-20)24(29)17-28(33(6,31)32)23-11-9-8-10-21(23)18(2)3/h8-15,18,22H,7,16-17H2,1-6H3,(H,26,30)/t22-/m1/s1. The predicted octanol–water partition coefficient (Wildman–Crippen LogP) is 3.44. The molecule has 0 aliphatic heterocycles. The van der Waals surface area contributed by atoms with E-state index in [1.807, 2.05) is 64.1 Å². The first-order valence-electron chi connectivity index (χ1n) is 11.1. The second-order valence-electron chi connectivity index (χ2n) is 8.53. The lowest BCUT2D eigenvalue weighted by Gasteiger charge is -2.33. The smallest absolute Gasteiger partial charge is 0.244 e. The molecule has 1 atom stereocenters. The van der Waals surface area contributed by atoms with Crippen molar-refractivity contribution in [3.63, 3.8) is 0 Å². The van der Waals surface area contributed by atoms with E-state index in [4.69, 9.17) is 0 Å². The van der Waals surface area contributed by atoms with Crippen molar-refractivity contribution in [3.8, 4) is 0 Å². The molecule has 0 aliphatic rings. The highest BCUT2D eigenvalue weighted by atomic mass is 32.2. The molecule has 0 bridgehead atoms. The Morgan fingerprint density at radius 3 is 2.15 bits per heavy atom. The van der Waals surface area contributed by atoms with Gasteiger partial charge in [0.15, 0.2) is 0 Å². The van der Waals surface area contributed by atoms with Crippen LogP contribution in [-0.4, -0.2) is 51.0 Å². The van der Waals surface area contributed by atoms with Crippen LogP contribution in [0.2, 0.25) is 0 Å². The summed E-state index contributed by atoms with van der Waals surface area (Å²) < 4.78 is 26.7. The molecular weight excluding hydrogens is 438 g/mol. The van der Waals surface area contributed by atoms with Crippen molar-refractivity contribution in [1.29, 1.82) is 0 Å². The van der Waals surface area contributed by atoms with Crippen LogP contribution in [0.4, 0.5) is 5.69 Å². The minimum Gasteiger partial charge on any atom is -0.357 e. The van der Waals surface area contributed by atoms with Gasteiger partial charge in [-0.1, -0.05) is 68.8 Å². The Balaban J connectivity index is 2.48. The average Bonchev–Trinajstić information content (AvgIpc) is 2.77. The Morgan fingerprint density at radius 1 is 1.03 bits per heavy atom. The number of likely N-dealkylation sites (N-methyl/N-ethyl adjacent to an activating group) is 1. The number of sulfonamides is 1. The molecule has 2 aromatic rings. The summed E-state index contributed by atoms with van der Waals surface area (Å²) in [6.07, 6.45) is 1.50. The third kappa shape index (κ3) is 6.81. The SMILES string of the molecule is CC[C@H](C(=O)NC)N(Cc1ccc(C)cc1)C(=O)CN(c1ccccc1C(C)C)S(C)(=O)=O. The molecule has 0 radical (unpaired) electrons. The van der Waals surface area contributed by atoms with Gasteiger partial charge in [0.2, 0.25) is 21.8 Å². The van der Waals surface area contributed by atoms with E-state index in [0.29, 0.717) is 12.1 Å². The van der Waals surface area contributed by atoms with Gasteiger partial charge in [-0.05, 0) is 36.5 Å². The van der Waals surface area contributed by atoms with Crippen molar-refractivity contribution >= 4 is 27.5 Å². The van der Waals surface area contributed by atoms with E-state index in [-0.39, 0.29) is 24.9 Å². The Bertz CT molecular complexity index is 1070. The summed E-state index contributed by atoms with van der Waals surface area (Å²) in [6, 6.07) is 14.2. The van der Waals surface area contributed by atoms with E-state index >= 15 is 0 Å². The lowest BCUT2D eigenvalue weighted by molar-refractivity contribution is -0.140. The largest absolute Gasteiger partial charge is 0.357 e. The summed E-state index contributed by atoms with van der Waals surface area (Å²) in [7, 11) is -2.23. The first kappa shape index (κ1) is 26.4. The molecule has 0 saturated carbocycles. The van der Waals surface area contributed by atoms with Crippen LogP contribution in [0.25, 0.3) is 0 Å². The van der Waals surface area contributed by atoms with Crippen molar-refractivity contribution in [2.24, 2.45) is 0 Å². The number of amides is 2. The highest BCUT2D eigenvalue weighted by molar-refractivity contribution is 7.92. The fourth-order valence-corrected chi connectivity index (χ4v) is 4.64. The molecule has 7 nitrogen and oxygen atoms in total. The third-order valence-electron chi connectivity index (χ3n) is 5.61. The van der Waals surface area contributed by atoms with Gasteiger partial charge in [0.05, 0.1) is 11.9 Å². The van der Waals surface area contributed by atoms with Gasteiger partial charge in [0.25, 0.3) is 0 Å². The van der Waals surface area contributed by atoms with Crippen molar-refractivity contribution in [1.82, 2.24) is 10.2 Å². The average molecular weight is 474 g/mol. The maximum Gasteiger partial charge on any atom is 0.244 e. The number of para-hydroxylation sites is 1. The van der Waals surface area contributed by atoms with Crippen molar-refractivity contribution in [2.45, 2.75) is 52.6 Å². The fourth-order valence-electron chi connectivity index (χ4n) is 3.77. The fraction of sp³-hybridized carbons (Fsp3) is 0.440. The van der Waals surface area contributed by atoms with Crippen LogP contribution < -0.4 is 9.62 Å². The summed E-state index contributed by atoms with van der Waals surface area (Å²) in [5.41, 5.74) is 3.26. The summed E-state index contributed by atoms with van der Waals surface area (Å²) in [6.45, 7) is 7.57. The molecular formula is C25H35N3O4S. The molecule has 0 aromatic heterocycles. The van der Waals surface area contributed by atoms with Gasteiger partial charge < -0.3 is 10.2 Å². The number of hydrogen-bond acceptors (Lipinski definition) is 4. The molecule has 2 rings (SSSR count). The van der Waals surface area contributed by atoms with Crippen molar-refractivity contribution in [3.05, 3.63) is 65.2 Å². The number of nitrogens with one attached hydrogen (secondary N) is 1. The molecule has 1 N–H and O–H groups in total. The maximum absolute atomic E-state index is 13.6. The monoisotopic (exact) mass is 473 g/mol. The van der Waals surface area contributed by atoms with Crippen molar-refractivity contribution < 1.29 is 18.0 Å². The molecule has 0 saturated heterocycles. The van der Waals surface area contributed by atoms with E-state index in [0.717, 1.165) is 27.3 Å². The zero-order valence-electron chi connectivity index (χ0n) is 20.3. The molecule has 0 heterocycles. The van der Waals surface area contributed by atoms with Crippen LogP contribution in [0.15, 0.2) is 48.5 Å². The highest BCUT2D eigenvalue weighted by Crippen LogP contribution is 2.29. The Hall–Kier alpha value is -2.87. The second-order valence-corrected chi connectivity index (χ2v) is 10.4. The van der Waals surface area contributed by atoms with E-state index in [2.05, 4.69) is 5.32 Å². The molecule has 2 aromatic carbocycles. The third-order valence-corrected chi connectivity index (χ3v) is 6.74. The number of anilines is 1. The maximum atomic E-state index is 13.6. The normalized spacial score (nSPS) is 12.3. The Labute approximate surface area is 197 Å². The zero-order chi connectivity index (χ0) is 24.8. The molecule has 0 aliphatic carbocycles. The van der Waals surface area contributed by atoms with Gasteiger partial charge in [-0.15, -0.1) is 0 Å². The number of carbonyl (C=O) groups is 2. The van der Waals surface area contributed by atoms with Gasteiger partial charge in [-0.25, -0.2) is 8.42 Å². The molecule has 0 fully saturated rings.